The van der Waals surface area contributed by atoms with E-state index in [1.54, 1.807) is 43.3 Å². The van der Waals surface area contributed by atoms with Crippen LogP contribution in [0.15, 0.2) is 52.9 Å². The number of aryl methyl sites for hydroxylation is 1. The number of benzene rings is 2. The molecule has 0 fully saturated rings. The molecule has 9 nitrogen and oxygen atoms in total. The number of hydrogen-bond donors (Lipinski definition) is 3. The summed E-state index contributed by atoms with van der Waals surface area (Å²) in [6, 6.07) is 14.0. The number of aromatic nitrogens is 1. The third-order valence-corrected chi connectivity index (χ3v) is 4.86. The quantitative estimate of drug-likeness (QED) is 0.244. The normalized spacial score (nSPS) is 11.0. The van der Waals surface area contributed by atoms with Crippen LogP contribution < -0.4 is 11.2 Å². The molecule has 0 amide bonds. The van der Waals surface area contributed by atoms with Crippen LogP contribution in [0.2, 0.25) is 0 Å². The van der Waals surface area contributed by atoms with Gasteiger partial charge < -0.3 is 5.73 Å². The van der Waals surface area contributed by atoms with Crippen molar-refractivity contribution in [2.24, 2.45) is 10.8 Å². The number of anilines is 1. The standard InChI is InChI=1S/C19H15N7O2S/c1-11-5-6-12(8-17(11)26(27)28)16-10-29-19(23-16)13-3-2-4-14(7-13)24-25-15(9-20)18(21)22/h2-8,10,24H,1H3,(H3,21,22)/b25-15+. The van der Waals surface area contributed by atoms with Gasteiger partial charge in [0.25, 0.3) is 5.69 Å². The smallest absolute Gasteiger partial charge is 0.272 e. The van der Waals surface area contributed by atoms with E-state index in [2.05, 4.69) is 15.5 Å². The van der Waals surface area contributed by atoms with Crippen molar-refractivity contribution in [1.29, 1.82) is 10.7 Å². The lowest BCUT2D eigenvalue weighted by molar-refractivity contribution is -0.385. The Balaban J connectivity index is 1.88. The minimum atomic E-state index is -0.423. The average Bonchev–Trinajstić information content (AvgIpc) is 3.19. The predicted octanol–water partition coefficient (Wildman–Crippen LogP) is 3.92. The molecule has 0 bridgehead atoms. The first-order valence-electron chi connectivity index (χ1n) is 8.28. The summed E-state index contributed by atoms with van der Waals surface area (Å²) in [5, 5.41) is 33.7. The van der Waals surface area contributed by atoms with Crippen LogP contribution in [0.3, 0.4) is 0 Å². The van der Waals surface area contributed by atoms with Crippen molar-refractivity contribution in [3.05, 3.63) is 63.5 Å². The van der Waals surface area contributed by atoms with Gasteiger partial charge in [0, 0.05) is 28.1 Å². The zero-order valence-electron chi connectivity index (χ0n) is 15.2. The second kappa shape index (κ2) is 8.28. The van der Waals surface area contributed by atoms with Crippen molar-refractivity contribution in [3.8, 4) is 27.9 Å². The Morgan fingerprint density at radius 1 is 1.34 bits per heavy atom. The number of nitrogens with one attached hydrogen (secondary N) is 2. The van der Waals surface area contributed by atoms with Gasteiger partial charge in [-0.15, -0.1) is 11.3 Å². The lowest BCUT2D eigenvalue weighted by atomic mass is 10.1. The molecule has 0 spiro atoms. The number of nitriles is 1. The van der Waals surface area contributed by atoms with E-state index >= 15 is 0 Å². The number of rotatable bonds is 6. The lowest BCUT2D eigenvalue weighted by Gasteiger charge is -2.03. The van der Waals surface area contributed by atoms with Gasteiger partial charge in [0.1, 0.15) is 11.1 Å². The van der Waals surface area contributed by atoms with Gasteiger partial charge in [-0.2, -0.15) is 10.4 Å². The summed E-state index contributed by atoms with van der Waals surface area (Å²) in [5.74, 6) is -0.423. The highest BCUT2D eigenvalue weighted by Crippen LogP contribution is 2.32. The van der Waals surface area contributed by atoms with Crippen LogP contribution in [0.25, 0.3) is 21.8 Å². The fraction of sp³-hybridized carbons (Fsp3) is 0.0526. The molecule has 10 heteroatoms. The van der Waals surface area contributed by atoms with Crippen molar-refractivity contribution in [2.75, 3.05) is 5.43 Å². The Hall–Kier alpha value is -4.10. The van der Waals surface area contributed by atoms with Crippen LogP contribution in [0.5, 0.6) is 0 Å². The van der Waals surface area contributed by atoms with E-state index in [0.717, 1.165) is 10.6 Å². The minimum Gasteiger partial charge on any atom is -0.382 e. The van der Waals surface area contributed by atoms with Gasteiger partial charge in [0.05, 0.1) is 16.3 Å². The molecule has 3 aromatic rings. The molecule has 0 radical (unpaired) electrons. The van der Waals surface area contributed by atoms with Crippen molar-refractivity contribution >= 4 is 34.3 Å². The number of thiazole rings is 1. The van der Waals surface area contributed by atoms with Crippen molar-refractivity contribution in [1.82, 2.24) is 4.98 Å². The number of nitrogens with zero attached hydrogens (tertiary/aromatic N) is 4. The molecule has 0 aliphatic heterocycles. The van der Waals surface area contributed by atoms with Gasteiger partial charge in [-0.3, -0.25) is 20.9 Å². The second-order valence-electron chi connectivity index (χ2n) is 5.97. The van der Waals surface area contributed by atoms with Gasteiger partial charge in [0.2, 0.25) is 5.71 Å². The van der Waals surface area contributed by atoms with Crippen LogP contribution >= 0.6 is 11.3 Å². The molecule has 0 saturated carbocycles. The van der Waals surface area contributed by atoms with Gasteiger partial charge in [-0.25, -0.2) is 4.98 Å². The van der Waals surface area contributed by atoms with E-state index in [1.165, 1.54) is 17.4 Å². The molecule has 4 N–H and O–H groups in total. The Bertz CT molecular complexity index is 1180. The molecule has 1 heterocycles. The van der Waals surface area contributed by atoms with Gasteiger partial charge >= 0.3 is 0 Å². The van der Waals surface area contributed by atoms with Crippen LogP contribution in [-0.4, -0.2) is 21.5 Å². The minimum absolute atomic E-state index is 0.0554. The van der Waals surface area contributed by atoms with Crippen LogP contribution in [-0.2, 0) is 0 Å². The summed E-state index contributed by atoms with van der Waals surface area (Å²) in [6.07, 6.45) is 0. The van der Waals surface area contributed by atoms with Gasteiger partial charge in [-0.05, 0) is 19.1 Å². The summed E-state index contributed by atoms with van der Waals surface area (Å²) in [4.78, 5) is 15.4. The van der Waals surface area contributed by atoms with E-state index < -0.39 is 10.8 Å². The molecule has 0 atom stereocenters. The van der Waals surface area contributed by atoms with E-state index in [4.69, 9.17) is 16.4 Å². The summed E-state index contributed by atoms with van der Waals surface area (Å²) in [5.41, 5.74) is 11.1. The molecular weight excluding hydrogens is 390 g/mol. The third kappa shape index (κ3) is 4.42. The Morgan fingerprint density at radius 2 is 2.14 bits per heavy atom. The van der Waals surface area contributed by atoms with Crippen LogP contribution in [0.4, 0.5) is 11.4 Å². The highest BCUT2D eigenvalue weighted by molar-refractivity contribution is 7.13. The molecule has 2 aromatic carbocycles. The number of amidine groups is 1. The highest BCUT2D eigenvalue weighted by Gasteiger charge is 2.14. The molecular formula is C19H15N7O2S. The Kier molecular flexibility index (Phi) is 5.61. The van der Waals surface area contributed by atoms with Gasteiger partial charge in [-0.1, -0.05) is 24.3 Å². The number of hydrogen-bond acceptors (Lipinski definition) is 8. The monoisotopic (exact) mass is 405 g/mol. The fourth-order valence-electron chi connectivity index (χ4n) is 2.49. The molecule has 0 aliphatic carbocycles. The largest absolute Gasteiger partial charge is 0.382 e. The molecule has 3 rings (SSSR count). The molecule has 1 aromatic heterocycles. The first-order chi connectivity index (χ1) is 13.9. The number of hydrazone groups is 1. The molecule has 144 valence electrons. The topological polar surface area (TPSA) is 154 Å². The third-order valence-electron chi connectivity index (χ3n) is 3.97. The molecule has 0 saturated heterocycles. The molecule has 0 aliphatic rings. The van der Waals surface area contributed by atoms with Crippen molar-refractivity contribution in [3.63, 3.8) is 0 Å². The first-order valence-corrected chi connectivity index (χ1v) is 9.16. The van der Waals surface area contributed by atoms with E-state index in [1.807, 2.05) is 11.4 Å². The maximum absolute atomic E-state index is 11.2. The van der Waals surface area contributed by atoms with Crippen molar-refractivity contribution < 1.29 is 4.92 Å². The molecule has 0 unspecified atom stereocenters. The molecule has 29 heavy (non-hydrogen) atoms. The second-order valence-corrected chi connectivity index (χ2v) is 6.83. The zero-order valence-corrected chi connectivity index (χ0v) is 16.0. The number of nitrogens with two attached hydrogens (primary N) is 1. The lowest BCUT2D eigenvalue weighted by Crippen LogP contribution is -2.21. The van der Waals surface area contributed by atoms with Crippen LogP contribution in [0, 0.1) is 33.8 Å². The SMILES string of the molecule is Cc1ccc(-c2csc(-c3cccc(N/N=C(\C#N)C(=N)N)c3)n2)cc1[N+](=O)[O-]. The Morgan fingerprint density at radius 3 is 2.83 bits per heavy atom. The average molecular weight is 405 g/mol. The summed E-state index contributed by atoms with van der Waals surface area (Å²) in [7, 11) is 0. The number of nitro benzene ring substituents is 1. The fourth-order valence-corrected chi connectivity index (χ4v) is 3.32. The maximum atomic E-state index is 11.2. The Labute approximate surface area is 169 Å². The highest BCUT2D eigenvalue weighted by atomic mass is 32.1. The summed E-state index contributed by atoms with van der Waals surface area (Å²) >= 11 is 1.41. The van der Waals surface area contributed by atoms with E-state index in [0.29, 0.717) is 22.5 Å². The predicted molar refractivity (Wildman–Crippen MR) is 113 cm³/mol. The summed E-state index contributed by atoms with van der Waals surface area (Å²) < 4.78 is 0. The van der Waals surface area contributed by atoms with E-state index in [9.17, 15) is 10.1 Å². The van der Waals surface area contributed by atoms with E-state index in [-0.39, 0.29) is 11.4 Å². The van der Waals surface area contributed by atoms with Crippen LogP contribution in [0.1, 0.15) is 5.56 Å². The first kappa shape index (κ1) is 19.7. The maximum Gasteiger partial charge on any atom is 0.272 e. The zero-order chi connectivity index (χ0) is 21.0. The van der Waals surface area contributed by atoms with Gasteiger partial charge in [0.15, 0.2) is 5.84 Å². The summed E-state index contributed by atoms with van der Waals surface area (Å²) in [6.45, 7) is 1.69. The number of nitro groups is 1. The van der Waals surface area contributed by atoms with Crippen molar-refractivity contribution in [2.45, 2.75) is 6.92 Å².